The molecule has 9 nitrogen and oxygen atoms in total. The van der Waals surface area contributed by atoms with Crippen LogP contribution in [0.25, 0.3) is 0 Å². The van der Waals surface area contributed by atoms with Crippen LogP contribution >= 0.6 is 0 Å². The van der Waals surface area contributed by atoms with E-state index in [0.29, 0.717) is 38.5 Å². The van der Waals surface area contributed by atoms with E-state index in [1.165, 1.54) is 5.56 Å². The van der Waals surface area contributed by atoms with Gasteiger partial charge in [0.05, 0.1) is 17.5 Å². The van der Waals surface area contributed by atoms with Gasteiger partial charge >= 0.3 is 0 Å². The number of anilines is 1. The van der Waals surface area contributed by atoms with Gasteiger partial charge in [0, 0.05) is 49.6 Å². The molecule has 0 aromatic heterocycles. The lowest BCUT2D eigenvalue weighted by atomic mass is 9.69. The molecule has 1 heterocycles. The Morgan fingerprint density at radius 3 is 2.38 bits per heavy atom. The number of aryl methyl sites for hydroxylation is 1. The Bertz CT molecular complexity index is 1230. The normalized spacial score (nSPS) is 28.8. The highest BCUT2D eigenvalue weighted by molar-refractivity contribution is 7.90. The number of amides is 1. The van der Waals surface area contributed by atoms with Gasteiger partial charge in [-0.3, -0.25) is 4.79 Å². The first-order chi connectivity index (χ1) is 17.2. The third-order valence-electron chi connectivity index (χ3n) is 9.41. The SMILES string of the molecule is Cc1ccccc1N1CCN(S(=O)(=O)C[C@@]23CC[C@@H](CC2NC(=O)[C@@H](N)CCS(C)(=O)=O)C3(C)C)CC1. The predicted octanol–water partition coefficient (Wildman–Crippen LogP) is 1.52. The molecule has 3 fully saturated rings. The van der Waals surface area contributed by atoms with Crippen molar-refractivity contribution in [2.75, 3.05) is 48.8 Å². The molecule has 1 unspecified atom stereocenters. The topological polar surface area (TPSA) is 130 Å². The molecule has 0 spiro atoms. The summed E-state index contributed by atoms with van der Waals surface area (Å²) in [6, 6.07) is 6.90. The predicted molar refractivity (Wildman–Crippen MR) is 147 cm³/mol. The second kappa shape index (κ2) is 10.1. The van der Waals surface area contributed by atoms with E-state index in [1.807, 2.05) is 12.1 Å². The number of nitrogens with zero attached hydrogens (tertiary/aromatic N) is 2. The summed E-state index contributed by atoms with van der Waals surface area (Å²) < 4.78 is 52.2. The van der Waals surface area contributed by atoms with E-state index >= 15 is 0 Å². The largest absolute Gasteiger partial charge is 0.369 e. The first kappa shape index (κ1) is 28.3. The van der Waals surface area contributed by atoms with Gasteiger partial charge in [-0.1, -0.05) is 32.0 Å². The Morgan fingerprint density at radius 2 is 1.78 bits per heavy atom. The van der Waals surface area contributed by atoms with Crippen LogP contribution in [0.2, 0.25) is 0 Å². The van der Waals surface area contributed by atoms with Crippen LogP contribution in [0.3, 0.4) is 0 Å². The quantitative estimate of drug-likeness (QED) is 0.473. The second-order valence-corrected chi connectivity index (χ2v) is 16.1. The van der Waals surface area contributed by atoms with Crippen LogP contribution in [0.1, 0.15) is 45.1 Å². The van der Waals surface area contributed by atoms with Crippen molar-refractivity contribution in [2.24, 2.45) is 22.5 Å². The minimum absolute atomic E-state index is 0.00259. The zero-order chi connectivity index (χ0) is 27.2. The van der Waals surface area contributed by atoms with Crippen LogP contribution < -0.4 is 16.0 Å². The zero-order valence-electron chi connectivity index (χ0n) is 22.4. The maximum Gasteiger partial charge on any atom is 0.237 e. The molecular formula is C26H42N4O5S2. The van der Waals surface area contributed by atoms with E-state index in [1.54, 1.807) is 4.31 Å². The number of rotatable bonds is 9. The number of piperazine rings is 1. The first-order valence-corrected chi connectivity index (χ1v) is 16.9. The molecule has 1 amide bonds. The molecular weight excluding hydrogens is 512 g/mol. The smallest absolute Gasteiger partial charge is 0.237 e. The number of carbonyl (C=O) groups is 1. The maximum absolute atomic E-state index is 13.8. The van der Waals surface area contributed by atoms with Crippen LogP contribution in [-0.4, -0.2) is 83.1 Å². The van der Waals surface area contributed by atoms with Gasteiger partial charge in [-0.15, -0.1) is 0 Å². The van der Waals surface area contributed by atoms with E-state index in [4.69, 9.17) is 5.73 Å². The third-order valence-corrected chi connectivity index (χ3v) is 12.4. The molecule has 2 aliphatic carbocycles. The van der Waals surface area contributed by atoms with Gasteiger partial charge in [0.2, 0.25) is 15.9 Å². The van der Waals surface area contributed by atoms with Gasteiger partial charge in [0.25, 0.3) is 0 Å². The molecule has 3 aliphatic rings. The lowest BCUT2D eigenvalue weighted by Gasteiger charge is -2.44. The second-order valence-electron chi connectivity index (χ2n) is 11.9. The van der Waals surface area contributed by atoms with Crippen LogP contribution in [-0.2, 0) is 24.7 Å². The zero-order valence-corrected chi connectivity index (χ0v) is 24.1. The molecule has 1 saturated heterocycles. The van der Waals surface area contributed by atoms with E-state index < -0.39 is 37.2 Å². The van der Waals surface area contributed by atoms with E-state index in [0.717, 1.165) is 24.8 Å². The maximum atomic E-state index is 13.8. The van der Waals surface area contributed by atoms with Crippen molar-refractivity contribution in [1.82, 2.24) is 9.62 Å². The van der Waals surface area contributed by atoms with Crippen LogP contribution in [0.5, 0.6) is 0 Å². The summed E-state index contributed by atoms with van der Waals surface area (Å²) in [5.74, 6) is -0.245. The minimum Gasteiger partial charge on any atom is -0.369 e. The Hall–Kier alpha value is -1.69. The lowest BCUT2D eigenvalue weighted by molar-refractivity contribution is -0.124. The van der Waals surface area contributed by atoms with Crippen molar-refractivity contribution < 1.29 is 21.6 Å². The molecule has 2 bridgehead atoms. The van der Waals surface area contributed by atoms with E-state index in [-0.39, 0.29) is 29.4 Å². The van der Waals surface area contributed by atoms with E-state index in [9.17, 15) is 21.6 Å². The van der Waals surface area contributed by atoms with Crippen molar-refractivity contribution in [2.45, 2.75) is 58.5 Å². The van der Waals surface area contributed by atoms with Gasteiger partial charge in [-0.05, 0) is 55.6 Å². The summed E-state index contributed by atoms with van der Waals surface area (Å²) in [5.41, 5.74) is 7.50. The van der Waals surface area contributed by atoms with Gasteiger partial charge in [0.1, 0.15) is 9.84 Å². The lowest BCUT2D eigenvalue weighted by Crippen LogP contribution is -2.57. The Morgan fingerprint density at radius 1 is 1.14 bits per heavy atom. The van der Waals surface area contributed by atoms with Gasteiger partial charge in [-0.2, -0.15) is 4.31 Å². The number of hydrogen-bond acceptors (Lipinski definition) is 7. The van der Waals surface area contributed by atoms with Crippen molar-refractivity contribution >= 4 is 31.5 Å². The Balaban J connectivity index is 1.46. The number of para-hydroxylation sites is 1. The molecule has 1 aromatic rings. The highest BCUT2D eigenvalue weighted by Gasteiger charge is 2.65. The molecule has 2 saturated carbocycles. The molecule has 37 heavy (non-hydrogen) atoms. The summed E-state index contributed by atoms with van der Waals surface area (Å²) in [4.78, 5) is 15.2. The Kier molecular flexibility index (Phi) is 7.75. The van der Waals surface area contributed by atoms with Crippen molar-refractivity contribution in [3.8, 4) is 0 Å². The van der Waals surface area contributed by atoms with Crippen molar-refractivity contribution in [1.29, 1.82) is 0 Å². The summed E-state index contributed by atoms with van der Waals surface area (Å²) in [6.45, 7) is 8.47. The van der Waals surface area contributed by atoms with Crippen LogP contribution in [0.4, 0.5) is 5.69 Å². The van der Waals surface area contributed by atoms with Gasteiger partial charge in [0.15, 0.2) is 0 Å². The minimum atomic E-state index is -3.57. The Labute approximate surface area is 222 Å². The van der Waals surface area contributed by atoms with Gasteiger partial charge in [-0.25, -0.2) is 16.8 Å². The molecule has 4 atom stereocenters. The molecule has 11 heteroatoms. The number of nitrogens with one attached hydrogen (secondary N) is 1. The molecule has 4 rings (SSSR count). The average Bonchev–Trinajstić information content (AvgIpc) is 3.17. The number of benzene rings is 1. The highest BCUT2D eigenvalue weighted by atomic mass is 32.2. The van der Waals surface area contributed by atoms with Crippen LogP contribution in [0, 0.1) is 23.7 Å². The monoisotopic (exact) mass is 554 g/mol. The summed E-state index contributed by atoms with van der Waals surface area (Å²) >= 11 is 0. The number of fused-ring (bicyclic) bond motifs is 2. The summed E-state index contributed by atoms with van der Waals surface area (Å²) in [5, 5.41) is 3.05. The number of carbonyl (C=O) groups excluding carboxylic acids is 1. The molecule has 0 radical (unpaired) electrons. The van der Waals surface area contributed by atoms with Crippen molar-refractivity contribution in [3.05, 3.63) is 29.8 Å². The van der Waals surface area contributed by atoms with Gasteiger partial charge < -0.3 is 16.0 Å². The highest BCUT2D eigenvalue weighted by Crippen LogP contribution is 2.66. The number of sulfonamides is 1. The first-order valence-electron chi connectivity index (χ1n) is 13.2. The molecule has 3 N–H and O–H groups in total. The molecule has 1 aliphatic heterocycles. The number of nitrogens with two attached hydrogens (primary N) is 1. The van der Waals surface area contributed by atoms with E-state index in [2.05, 4.69) is 43.1 Å². The fourth-order valence-corrected chi connectivity index (χ4v) is 9.87. The fourth-order valence-electron chi connectivity index (χ4n) is 6.92. The fraction of sp³-hybridized carbons (Fsp3) is 0.731. The van der Waals surface area contributed by atoms with Crippen molar-refractivity contribution in [3.63, 3.8) is 0 Å². The molecule has 1 aromatic carbocycles. The number of hydrogen-bond donors (Lipinski definition) is 2. The standard InChI is InChI=1S/C26H42N4O5S2/c1-19-7-5-6-8-22(19)29-12-14-30(15-13-29)37(34,35)18-26-11-9-20(25(26,2)3)17-23(26)28-24(31)21(27)10-16-36(4,32)33/h5-8,20-21,23H,9-18,27H2,1-4H3,(H,28,31)/t20-,21-,23?,26-/m0/s1. The summed E-state index contributed by atoms with van der Waals surface area (Å²) in [6.07, 6.45) is 3.55. The average molecular weight is 555 g/mol. The van der Waals surface area contributed by atoms with Crippen LogP contribution in [0.15, 0.2) is 24.3 Å². The molecule has 208 valence electrons. The number of sulfone groups is 1. The third kappa shape index (κ3) is 5.55. The summed E-state index contributed by atoms with van der Waals surface area (Å²) in [7, 11) is -6.80.